The normalized spacial score (nSPS) is 10.9. The summed E-state index contributed by atoms with van der Waals surface area (Å²) in [5.74, 6) is -0.199. The Labute approximate surface area is 216 Å². The Kier molecular flexibility index (Phi) is 7.44. The van der Waals surface area contributed by atoms with Crippen LogP contribution in [0.4, 0.5) is 11.4 Å². The molecule has 0 bridgehead atoms. The number of nitro benzene ring substituents is 2. The van der Waals surface area contributed by atoms with Gasteiger partial charge in [0.1, 0.15) is 23.0 Å². The molecule has 4 rings (SSSR count). The average molecular weight is 535 g/mol. The van der Waals surface area contributed by atoms with Crippen LogP contribution in [0, 0.1) is 20.2 Å². The van der Waals surface area contributed by atoms with Crippen molar-refractivity contribution < 1.29 is 32.5 Å². The summed E-state index contributed by atoms with van der Waals surface area (Å²) < 4.78 is 37.6. The molecule has 0 spiro atoms. The molecule has 4 aromatic carbocycles. The number of non-ortho nitro benzene ring substituents is 1. The summed E-state index contributed by atoms with van der Waals surface area (Å²) >= 11 is 0. The lowest BCUT2D eigenvalue weighted by molar-refractivity contribution is -0.387. The molecule has 11 nitrogen and oxygen atoms in total. The number of nitrogens with zero attached hydrogens (tertiary/aromatic N) is 2. The van der Waals surface area contributed by atoms with Gasteiger partial charge in [-0.05, 0) is 48.0 Å². The average Bonchev–Trinajstić information content (AvgIpc) is 2.92. The quantitative estimate of drug-likeness (QED) is 0.154. The number of nitro groups is 2. The van der Waals surface area contributed by atoms with E-state index in [-0.39, 0.29) is 17.9 Å². The number of hydrogen-bond acceptors (Lipinski definition) is 9. The van der Waals surface area contributed by atoms with Crippen LogP contribution in [0.15, 0.2) is 107 Å². The summed E-state index contributed by atoms with van der Waals surface area (Å²) in [6.07, 6.45) is 0. The Morgan fingerprint density at radius 3 is 2.08 bits per heavy atom. The lowest BCUT2D eigenvalue weighted by Gasteiger charge is -2.11. The predicted octanol–water partition coefficient (Wildman–Crippen LogP) is 5.49. The molecule has 0 N–H and O–H groups in total. The summed E-state index contributed by atoms with van der Waals surface area (Å²) in [5.41, 5.74) is -0.441. The first kappa shape index (κ1) is 26.0. The van der Waals surface area contributed by atoms with Gasteiger partial charge in [-0.15, -0.1) is 0 Å². The summed E-state index contributed by atoms with van der Waals surface area (Å²) in [6.45, 7) is -0.226. The summed E-state index contributed by atoms with van der Waals surface area (Å²) in [5, 5.41) is 22.2. The van der Waals surface area contributed by atoms with Crippen LogP contribution in [0.2, 0.25) is 0 Å². The van der Waals surface area contributed by atoms with Crippen LogP contribution in [-0.4, -0.2) is 24.2 Å². The lowest BCUT2D eigenvalue weighted by Crippen LogP contribution is -2.13. The molecular weight excluding hydrogens is 516 g/mol. The maximum absolute atomic E-state index is 13.3. The molecule has 0 unspecified atom stereocenters. The van der Waals surface area contributed by atoms with Crippen LogP contribution in [0.5, 0.6) is 11.5 Å². The second-order valence-electron chi connectivity index (χ2n) is 7.80. The number of ether oxygens (including phenoxy) is 2. The van der Waals surface area contributed by atoms with Crippen molar-refractivity contribution in [2.24, 2.45) is 0 Å². The van der Waals surface area contributed by atoms with Crippen LogP contribution < -0.4 is 4.74 Å². The van der Waals surface area contributed by atoms with Gasteiger partial charge in [-0.2, -0.15) is 0 Å². The first-order valence-corrected chi connectivity index (χ1v) is 12.4. The maximum atomic E-state index is 13.3. The third-order valence-corrected chi connectivity index (χ3v) is 7.16. The largest absolute Gasteiger partial charge is 0.457 e. The van der Waals surface area contributed by atoms with Crippen LogP contribution in [0.3, 0.4) is 0 Å². The maximum Gasteiger partial charge on any atom is 0.339 e. The fourth-order valence-electron chi connectivity index (χ4n) is 3.52. The first-order chi connectivity index (χ1) is 18.2. The number of carbonyl (C=O) groups is 1. The number of sulfone groups is 1. The summed E-state index contributed by atoms with van der Waals surface area (Å²) in [4.78, 5) is 32.8. The van der Waals surface area contributed by atoms with Crippen LogP contribution >= 0.6 is 0 Å². The Balaban J connectivity index is 1.52. The summed E-state index contributed by atoms with van der Waals surface area (Å²) in [6, 6.07) is 22.2. The Bertz CT molecular complexity index is 1630. The third-order valence-electron chi connectivity index (χ3n) is 5.30. The molecule has 0 atom stereocenters. The van der Waals surface area contributed by atoms with Gasteiger partial charge in [-0.1, -0.05) is 36.4 Å². The van der Waals surface area contributed by atoms with Crippen molar-refractivity contribution in [3.05, 3.63) is 128 Å². The molecule has 0 aromatic heterocycles. The van der Waals surface area contributed by atoms with Gasteiger partial charge in [0.05, 0.1) is 20.3 Å². The van der Waals surface area contributed by atoms with Crippen LogP contribution in [0.1, 0.15) is 15.9 Å². The van der Waals surface area contributed by atoms with Gasteiger partial charge in [0.25, 0.3) is 11.4 Å². The van der Waals surface area contributed by atoms with Gasteiger partial charge in [0.15, 0.2) is 0 Å². The Morgan fingerprint density at radius 1 is 0.737 bits per heavy atom. The summed E-state index contributed by atoms with van der Waals surface area (Å²) in [7, 11) is -4.43. The fourth-order valence-corrected chi connectivity index (χ4v) is 5.13. The van der Waals surface area contributed by atoms with Crippen LogP contribution in [0.25, 0.3) is 0 Å². The van der Waals surface area contributed by atoms with Gasteiger partial charge >= 0.3 is 5.97 Å². The van der Waals surface area contributed by atoms with Crippen molar-refractivity contribution in [1.82, 2.24) is 0 Å². The molecule has 4 aromatic rings. The highest BCUT2D eigenvalue weighted by Crippen LogP contribution is 2.31. The zero-order valence-electron chi connectivity index (χ0n) is 19.4. The fraction of sp³-hybridized carbons (Fsp3) is 0.0385. The van der Waals surface area contributed by atoms with Gasteiger partial charge in [0.2, 0.25) is 9.84 Å². The molecule has 0 fully saturated rings. The van der Waals surface area contributed by atoms with E-state index >= 15 is 0 Å². The van der Waals surface area contributed by atoms with Gasteiger partial charge < -0.3 is 9.47 Å². The third kappa shape index (κ3) is 5.65. The van der Waals surface area contributed by atoms with E-state index in [1.807, 2.05) is 0 Å². The highest BCUT2D eigenvalue weighted by Gasteiger charge is 2.31. The number of benzene rings is 4. The van der Waals surface area contributed by atoms with Gasteiger partial charge in [0, 0.05) is 18.2 Å². The molecule has 0 heterocycles. The first-order valence-electron chi connectivity index (χ1n) is 10.9. The van der Waals surface area contributed by atoms with E-state index in [2.05, 4.69) is 0 Å². The van der Waals surface area contributed by atoms with E-state index < -0.39 is 41.1 Å². The van der Waals surface area contributed by atoms with Crippen molar-refractivity contribution in [2.75, 3.05) is 0 Å². The number of hydrogen-bond donors (Lipinski definition) is 0. The predicted molar refractivity (Wildman–Crippen MR) is 134 cm³/mol. The molecule has 0 saturated heterocycles. The number of rotatable bonds is 9. The van der Waals surface area contributed by atoms with Gasteiger partial charge in [-0.25, -0.2) is 13.2 Å². The standard InChI is InChI=1S/C26H18N2O9S/c29-26(22-8-1-3-10-24(22)38(34,35)25-11-4-2-9-23(25)28(32)33)36-17-18-6-5-7-21(16-18)37-20-14-12-19(13-15-20)27(30)31/h1-16H,17H2. The second kappa shape index (κ2) is 10.9. The highest BCUT2D eigenvalue weighted by atomic mass is 32.2. The zero-order chi connectivity index (χ0) is 27.3. The van der Waals surface area contributed by atoms with Crippen molar-refractivity contribution in [2.45, 2.75) is 16.4 Å². The molecule has 192 valence electrons. The van der Waals surface area contributed by atoms with E-state index in [4.69, 9.17) is 9.47 Å². The number of esters is 1. The minimum absolute atomic E-state index is 0.0813. The molecule has 0 aliphatic rings. The molecular formula is C26H18N2O9S. The van der Waals surface area contributed by atoms with Crippen molar-refractivity contribution >= 4 is 27.2 Å². The zero-order valence-corrected chi connectivity index (χ0v) is 20.2. The van der Waals surface area contributed by atoms with E-state index in [9.17, 15) is 33.4 Å². The molecule has 12 heteroatoms. The van der Waals surface area contributed by atoms with E-state index in [1.54, 1.807) is 24.3 Å². The topological polar surface area (TPSA) is 156 Å². The van der Waals surface area contributed by atoms with E-state index in [0.717, 1.165) is 12.1 Å². The van der Waals surface area contributed by atoms with Crippen molar-refractivity contribution in [1.29, 1.82) is 0 Å². The monoisotopic (exact) mass is 534 g/mol. The minimum Gasteiger partial charge on any atom is -0.457 e. The highest BCUT2D eigenvalue weighted by molar-refractivity contribution is 7.91. The SMILES string of the molecule is O=C(OCc1cccc(Oc2ccc([N+](=O)[O-])cc2)c1)c1ccccc1S(=O)(=O)c1ccccc1[N+](=O)[O-]. The second-order valence-corrected chi connectivity index (χ2v) is 9.69. The molecule has 0 aliphatic carbocycles. The molecule has 0 aliphatic heterocycles. The van der Waals surface area contributed by atoms with Crippen molar-refractivity contribution in [3.8, 4) is 11.5 Å². The van der Waals surface area contributed by atoms with E-state index in [1.165, 1.54) is 60.7 Å². The number of carbonyl (C=O) groups excluding carboxylic acids is 1. The Morgan fingerprint density at radius 2 is 1.39 bits per heavy atom. The van der Waals surface area contributed by atoms with Gasteiger partial charge in [-0.3, -0.25) is 20.2 Å². The van der Waals surface area contributed by atoms with Crippen molar-refractivity contribution in [3.63, 3.8) is 0 Å². The number of para-hydroxylation sites is 1. The Hall–Kier alpha value is -5.10. The van der Waals surface area contributed by atoms with E-state index in [0.29, 0.717) is 17.1 Å². The molecule has 0 amide bonds. The molecule has 38 heavy (non-hydrogen) atoms. The lowest BCUT2D eigenvalue weighted by atomic mass is 10.2. The smallest absolute Gasteiger partial charge is 0.339 e. The molecule has 0 radical (unpaired) electrons. The van der Waals surface area contributed by atoms with Crippen LogP contribution in [-0.2, 0) is 21.2 Å². The molecule has 0 saturated carbocycles. The minimum atomic E-state index is -4.43.